The average Bonchev–Trinajstić information content (AvgIpc) is 2.88. The third kappa shape index (κ3) is 2.34. The molecule has 2 aromatic carbocycles. The largest absolute Gasteiger partial charge is 0.493 e. The number of aryl methyl sites for hydroxylation is 1. The molecule has 4 aromatic rings. The summed E-state index contributed by atoms with van der Waals surface area (Å²) in [5.74, 6) is -0.0237. The number of aromatic nitrogens is 1. The van der Waals surface area contributed by atoms with Crippen molar-refractivity contribution >= 4 is 33.2 Å². The first-order valence-corrected chi connectivity index (χ1v) is 7.38. The summed E-state index contributed by atoms with van der Waals surface area (Å²) in [5, 5.41) is 20.0. The number of nitrogens with zero attached hydrogens (tertiary/aromatic N) is 2. The van der Waals surface area contributed by atoms with Crippen LogP contribution in [0.5, 0.6) is 5.88 Å². The molecule has 0 amide bonds. The molecule has 0 unspecified atom stereocenters. The van der Waals surface area contributed by atoms with Crippen LogP contribution >= 0.6 is 0 Å². The Hall–Kier alpha value is -3.41. The van der Waals surface area contributed by atoms with Crippen LogP contribution < -0.4 is 5.63 Å². The quantitative estimate of drug-likeness (QED) is 0.414. The lowest BCUT2D eigenvalue weighted by Gasteiger charge is -2.01. The van der Waals surface area contributed by atoms with E-state index >= 15 is 0 Å². The van der Waals surface area contributed by atoms with Gasteiger partial charge in [0.2, 0.25) is 5.88 Å². The van der Waals surface area contributed by atoms with Gasteiger partial charge in [-0.1, -0.05) is 18.2 Å². The highest BCUT2D eigenvalue weighted by atomic mass is 16.4. The molecule has 0 radical (unpaired) electrons. The van der Waals surface area contributed by atoms with Crippen molar-refractivity contribution in [2.75, 3.05) is 0 Å². The minimum Gasteiger partial charge on any atom is -0.493 e. The van der Waals surface area contributed by atoms with E-state index in [4.69, 9.17) is 4.42 Å². The summed E-state index contributed by atoms with van der Waals surface area (Å²) in [4.78, 5) is 14.1. The van der Waals surface area contributed by atoms with Gasteiger partial charge in [0.1, 0.15) is 5.58 Å². The van der Waals surface area contributed by atoms with Crippen molar-refractivity contribution in [1.82, 2.24) is 4.98 Å². The van der Waals surface area contributed by atoms with Gasteiger partial charge in [-0.3, -0.25) is 0 Å². The number of H-pyrrole nitrogens is 1. The zero-order valence-electron chi connectivity index (χ0n) is 12.8. The number of hydrogen-bond donors (Lipinski definition) is 2. The molecule has 24 heavy (non-hydrogen) atoms. The Morgan fingerprint density at radius 2 is 1.92 bits per heavy atom. The highest BCUT2D eigenvalue weighted by Gasteiger charge is 2.10. The molecule has 0 fully saturated rings. The first-order chi connectivity index (χ1) is 11.6. The smallest absolute Gasteiger partial charge is 0.336 e. The molecule has 6 heteroatoms. The van der Waals surface area contributed by atoms with Gasteiger partial charge in [-0.25, -0.2) is 4.79 Å². The highest BCUT2D eigenvalue weighted by molar-refractivity contribution is 5.94. The molecule has 0 aliphatic rings. The van der Waals surface area contributed by atoms with Crippen molar-refractivity contribution in [3.63, 3.8) is 0 Å². The maximum absolute atomic E-state index is 11.3. The Balaban J connectivity index is 1.82. The van der Waals surface area contributed by atoms with Gasteiger partial charge in [-0.2, -0.15) is 5.11 Å². The van der Waals surface area contributed by atoms with E-state index in [1.807, 2.05) is 31.2 Å². The van der Waals surface area contributed by atoms with Gasteiger partial charge in [-0.15, -0.1) is 5.11 Å². The van der Waals surface area contributed by atoms with Gasteiger partial charge < -0.3 is 14.5 Å². The lowest BCUT2D eigenvalue weighted by molar-refractivity contribution is 0.459. The molecule has 0 spiro atoms. The van der Waals surface area contributed by atoms with Crippen LogP contribution in [0, 0.1) is 6.92 Å². The van der Waals surface area contributed by atoms with E-state index < -0.39 is 0 Å². The Labute approximate surface area is 136 Å². The molecular weight excluding hydrogens is 306 g/mol. The molecule has 0 saturated heterocycles. The number of fused-ring (bicyclic) bond motifs is 2. The van der Waals surface area contributed by atoms with Crippen LogP contribution in [0.3, 0.4) is 0 Å². The first kappa shape index (κ1) is 14.2. The number of rotatable bonds is 2. The second kappa shape index (κ2) is 5.34. The monoisotopic (exact) mass is 319 g/mol. The molecule has 0 aliphatic heterocycles. The van der Waals surface area contributed by atoms with Crippen LogP contribution in [-0.2, 0) is 0 Å². The summed E-state index contributed by atoms with van der Waals surface area (Å²) in [6.45, 7) is 1.86. The second-order valence-corrected chi connectivity index (χ2v) is 5.50. The summed E-state index contributed by atoms with van der Waals surface area (Å²) in [5.41, 5.74) is 2.76. The number of benzene rings is 2. The lowest BCUT2D eigenvalue weighted by atomic mass is 10.1. The number of aromatic hydroxyl groups is 1. The fourth-order valence-electron chi connectivity index (χ4n) is 2.63. The summed E-state index contributed by atoms with van der Waals surface area (Å²) >= 11 is 0. The van der Waals surface area contributed by atoms with Gasteiger partial charge >= 0.3 is 5.63 Å². The standard InChI is InChI=1S/C18H13N3O3/c1-10-8-15-11(6-7-16(22)24-15)9-14(10)20-21-17-12-4-2-3-5-13(12)19-18(17)23/h2-9,19,23H,1H3. The number of hydrogen-bond acceptors (Lipinski definition) is 5. The van der Waals surface area contributed by atoms with Crippen LogP contribution in [0.2, 0.25) is 0 Å². The Kier molecular flexibility index (Phi) is 3.16. The normalized spacial score (nSPS) is 11.7. The fourth-order valence-corrected chi connectivity index (χ4v) is 2.63. The van der Waals surface area contributed by atoms with Crippen LogP contribution in [0.4, 0.5) is 11.4 Å². The molecule has 2 aromatic heterocycles. The highest BCUT2D eigenvalue weighted by Crippen LogP contribution is 2.36. The first-order valence-electron chi connectivity index (χ1n) is 7.38. The van der Waals surface area contributed by atoms with Crippen molar-refractivity contribution in [2.45, 2.75) is 6.92 Å². The van der Waals surface area contributed by atoms with Gasteiger partial charge in [0.05, 0.1) is 11.2 Å². The van der Waals surface area contributed by atoms with E-state index in [1.54, 1.807) is 18.2 Å². The predicted molar refractivity (Wildman–Crippen MR) is 91.4 cm³/mol. The molecule has 4 rings (SSSR count). The molecule has 2 N–H and O–H groups in total. The number of para-hydroxylation sites is 1. The minimum atomic E-state index is -0.389. The SMILES string of the molecule is Cc1cc2oc(=O)ccc2cc1N=Nc1c(O)[nH]c2ccccc12. The number of azo groups is 1. The summed E-state index contributed by atoms with van der Waals surface area (Å²) in [6.07, 6.45) is 0. The van der Waals surface area contributed by atoms with Crippen molar-refractivity contribution in [3.05, 3.63) is 64.5 Å². The molecule has 0 atom stereocenters. The van der Waals surface area contributed by atoms with Gasteiger partial charge in [0.15, 0.2) is 5.69 Å². The van der Waals surface area contributed by atoms with Crippen molar-refractivity contribution in [2.24, 2.45) is 10.2 Å². The Bertz CT molecular complexity index is 1160. The number of aromatic amines is 1. The molecular formula is C18H13N3O3. The topological polar surface area (TPSA) is 90.9 Å². The maximum atomic E-state index is 11.3. The fraction of sp³-hybridized carbons (Fsp3) is 0.0556. The van der Waals surface area contributed by atoms with E-state index in [-0.39, 0.29) is 11.5 Å². The van der Waals surface area contributed by atoms with Gasteiger partial charge in [0, 0.05) is 16.8 Å². The molecule has 0 aliphatic carbocycles. The molecule has 118 valence electrons. The predicted octanol–water partition coefficient (Wildman–Crippen LogP) is 4.70. The molecule has 0 saturated carbocycles. The summed E-state index contributed by atoms with van der Waals surface area (Å²) in [6, 6.07) is 14.1. The summed E-state index contributed by atoms with van der Waals surface area (Å²) < 4.78 is 5.15. The van der Waals surface area contributed by atoms with Crippen molar-refractivity contribution < 1.29 is 9.52 Å². The van der Waals surface area contributed by atoms with Crippen LogP contribution in [0.25, 0.3) is 21.9 Å². The van der Waals surface area contributed by atoms with Crippen molar-refractivity contribution in [3.8, 4) is 5.88 Å². The molecule has 2 heterocycles. The summed E-state index contributed by atoms with van der Waals surface area (Å²) in [7, 11) is 0. The van der Waals surface area contributed by atoms with E-state index in [0.717, 1.165) is 21.9 Å². The second-order valence-electron chi connectivity index (χ2n) is 5.50. The molecule has 0 bridgehead atoms. The van der Waals surface area contributed by atoms with Gasteiger partial charge in [0.25, 0.3) is 0 Å². The third-order valence-electron chi connectivity index (χ3n) is 3.86. The third-order valence-corrected chi connectivity index (χ3v) is 3.86. The zero-order valence-corrected chi connectivity index (χ0v) is 12.8. The zero-order chi connectivity index (χ0) is 16.7. The minimum absolute atomic E-state index is 0.0237. The van der Waals surface area contributed by atoms with E-state index in [0.29, 0.717) is 17.0 Å². The van der Waals surface area contributed by atoms with Crippen molar-refractivity contribution in [1.29, 1.82) is 0 Å². The Morgan fingerprint density at radius 1 is 1.08 bits per heavy atom. The van der Waals surface area contributed by atoms with E-state index in [1.165, 1.54) is 6.07 Å². The van der Waals surface area contributed by atoms with Crippen LogP contribution in [0.1, 0.15) is 5.56 Å². The van der Waals surface area contributed by atoms with Crippen LogP contribution in [0.15, 0.2) is 68.0 Å². The van der Waals surface area contributed by atoms with E-state index in [2.05, 4.69) is 15.2 Å². The molecule has 6 nitrogen and oxygen atoms in total. The van der Waals surface area contributed by atoms with Gasteiger partial charge in [-0.05, 0) is 36.8 Å². The number of nitrogens with one attached hydrogen (secondary N) is 1. The van der Waals surface area contributed by atoms with E-state index in [9.17, 15) is 9.90 Å². The average molecular weight is 319 g/mol. The lowest BCUT2D eigenvalue weighted by Crippen LogP contribution is -1.94. The maximum Gasteiger partial charge on any atom is 0.336 e. The Morgan fingerprint density at radius 3 is 2.79 bits per heavy atom. The van der Waals surface area contributed by atoms with Crippen LogP contribution in [-0.4, -0.2) is 10.1 Å².